The second kappa shape index (κ2) is 7.67. The smallest absolute Gasteiger partial charge is 0.239 e. The number of carbonyl (C=O) groups excluding carboxylic acids is 2. The Morgan fingerprint density at radius 2 is 2.08 bits per heavy atom. The Morgan fingerprint density at radius 1 is 1.31 bits per heavy atom. The molecule has 0 saturated carbocycles. The lowest BCUT2D eigenvalue weighted by Crippen LogP contribution is -2.38. The van der Waals surface area contributed by atoms with Gasteiger partial charge < -0.3 is 10.2 Å². The van der Waals surface area contributed by atoms with Crippen molar-refractivity contribution in [2.24, 2.45) is 5.92 Å². The monoisotopic (exact) mass is 415 g/mol. The molecule has 0 aliphatic carbocycles. The summed E-state index contributed by atoms with van der Waals surface area (Å²) >= 11 is 3.36. The van der Waals surface area contributed by atoms with E-state index in [0.717, 1.165) is 4.47 Å². The van der Waals surface area contributed by atoms with E-state index in [1.165, 1.54) is 18.2 Å². The minimum absolute atomic E-state index is 0.0811. The van der Waals surface area contributed by atoms with Crippen LogP contribution in [0.1, 0.15) is 18.0 Å². The highest BCUT2D eigenvalue weighted by molar-refractivity contribution is 9.10. The van der Waals surface area contributed by atoms with Crippen LogP contribution in [-0.2, 0) is 9.59 Å². The Kier molecular flexibility index (Phi) is 5.33. The molecule has 0 radical (unpaired) electrons. The number of halogens is 2. The van der Waals surface area contributed by atoms with Crippen LogP contribution in [-0.4, -0.2) is 18.4 Å². The molecule has 1 aliphatic rings. The van der Waals surface area contributed by atoms with Gasteiger partial charge in [0.05, 0.1) is 6.07 Å². The van der Waals surface area contributed by atoms with E-state index in [1.54, 1.807) is 23.1 Å². The first-order valence-corrected chi connectivity index (χ1v) is 8.82. The summed E-state index contributed by atoms with van der Waals surface area (Å²) in [6, 6.07) is 13.7. The van der Waals surface area contributed by atoms with Crippen molar-refractivity contribution in [3.63, 3.8) is 0 Å². The van der Waals surface area contributed by atoms with Crippen molar-refractivity contribution in [3.05, 3.63) is 64.4 Å². The molecule has 132 valence electrons. The second-order valence-electron chi connectivity index (χ2n) is 5.90. The van der Waals surface area contributed by atoms with Crippen LogP contribution in [0.4, 0.5) is 10.1 Å². The number of hydrogen-bond donors (Lipinski definition) is 1. The first-order chi connectivity index (χ1) is 12.5. The van der Waals surface area contributed by atoms with Gasteiger partial charge >= 0.3 is 0 Å². The first-order valence-electron chi connectivity index (χ1n) is 8.02. The molecule has 5 nitrogen and oxygen atoms in total. The maximum absolute atomic E-state index is 13.9. The molecule has 0 spiro atoms. The molecule has 1 saturated heterocycles. The number of rotatable bonds is 4. The van der Waals surface area contributed by atoms with Crippen LogP contribution in [0.15, 0.2) is 53.0 Å². The largest absolute Gasteiger partial charge is 0.336 e. The summed E-state index contributed by atoms with van der Waals surface area (Å²) in [6.07, 6.45) is 0.340. The highest BCUT2D eigenvalue weighted by Gasteiger charge is 2.38. The quantitative estimate of drug-likeness (QED) is 0.778. The Hall–Kier alpha value is -2.72. The van der Waals surface area contributed by atoms with E-state index in [4.69, 9.17) is 0 Å². The average molecular weight is 416 g/mol. The van der Waals surface area contributed by atoms with E-state index in [0.29, 0.717) is 18.7 Å². The van der Waals surface area contributed by atoms with Crippen molar-refractivity contribution in [2.45, 2.75) is 12.5 Å². The van der Waals surface area contributed by atoms with E-state index in [-0.39, 0.29) is 11.5 Å². The molecule has 2 aromatic carbocycles. The van der Waals surface area contributed by atoms with E-state index >= 15 is 0 Å². The standard InChI is InChI=1S/C19H15BrFN3O2/c20-12-4-3-5-13(10-12)24-9-8-15(19(24)26)18(25)23-17(11-22)14-6-1-2-7-16(14)21/h1-7,10,15,17H,8-9H2,(H,23,25). The molecule has 2 aromatic rings. The van der Waals surface area contributed by atoms with Crippen LogP contribution < -0.4 is 10.2 Å². The van der Waals surface area contributed by atoms with Crippen LogP contribution in [0.5, 0.6) is 0 Å². The van der Waals surface area contributed by atoms with E-state index < -0.39 is 23.7 Å². The molecule has 3 rings (SSSR count). The number of nitrogens with zero attached hydrogens (tertiary/aromatic N) is 2. The van der Waals surface area contributed by atoms with Gasteiger partial charge in [0.1, 0.15) is 17.8 Å². The third kappa shape index (κ3) is 3.60. The molecule has 7 heteroatoms. The van der Waals surface area contributed by atoms with Crippen molar-refractivity contribution in [1.29, 1.82) is 5.26 Å². The summed E-state index contributed by atoms with van der Waals surface area (Å²) < 4.78 is 14.7. The van der Waals surface area contributed by atoms with Gasteiger partial charge in [-0.1, -0.05) is 40.2 Å². The van der Waals surface area contributed by atoms with Crippen LogP contribution >= 0.6 is 15.9 Å². The number of nitrogens with one attached hydrogen (secondary N) is 1. The van der Waals surface area contributed by atoms with Crippen molar-refractivity contribution >= 4 is 33.4 Å². The molecule has 2 unspecified atom stereocenters. The zero-order chi connectivity index (χ0) is 18.7. The van der Waals surface area contributed by atoms with Gasteiger partial charge in [0.2, 0.25) is 11.8 Å². The third-order valence-electron chi connectivity index (χ3n) is 4.27. The van der Waals surface area contributed by atoms with Gasteiger partial charge in [-0.25, -0.2) is 4.39 Å². The van der Waals surface area contributed by atoms with Gasteiger partial charge in [0, 0.05) is 22.3 Å². The summed E-state index contributed by atoms with van der Waals surface area (Å²) in [5.41, 5.74) is 0.781. The highest BCUT2D eigenvalue weighted by Crippen LogP contribution is 2.28. The summed E-state index contributed by atoms with van der Waals surface area (Å²) in [5, 5.41) is 11.8. The number of carbonyl (C=O) groups is 2. The molecular formula is C19H15BrFN3O2. The number of benzene rings is 2. The van der Waals surface area contributed by atoms with Gasteiger partial charge in [-0.2, -0.15) is 5.26 Å². The number of anilines is 1. The Balaban J connectivity index is 1.73. The fraction of sp³-hybridized carbons (Fsp3) is 0.211. The normalized spacial score (nSPS) is 17.7. The summed E-state index contributed by atoms with van der Waals surface area (Å²) in [7, 11) is 0. The second-order valence-corrected chi connectivity index (χ2v) is 6.82. The van der Waals surface area contributed by atoms with Crippen molar-refractivity contribution < 1.29 is 14.0 Å². The van der Waals surface area contributed by atoms with Crippen molar-refractivity contribution in [1.82, 2.24) is 5.32 Å². The van der Waals surface area contributed by atoms with Crippen molar-refractivity contribution in [3.8, 4) is 6.07 Å². The van der Waals surface area contributed by atoms with Crippen molar-refractivity contribution in [2.75, 3.05) is 11.4 Å². The Morgan fingerprint density at radius 3 is 2.77 bits per heavy atom. The maximum Gasteiger partial charge on any atom is 0.239 e. The Labute approximate surface area is 158 Å². The van der Waals surface area contributed by atoms with Crippen LogP contribution in [0.3, 0.4) is 0 Å². The minimum Gasteiger partial charge on any atom is -0.336 e. The molecule has 0 aromatic heterocycles. The lowest BCUT2D eigenvalue weighted by Gasteiger charge is -2.18. The van der Waals surface area contributed by atoms with Gasteiger partial charge in [0.15, 0.2) is 0 Å². The molecule has 2 amide bonds. The fourth-order valence-electron chi connectivity index (χ4n) is 2.96. The number of hydrogen-bond acceptors (Lipinski definition) is 3. The highest BCUT2D eigenvalue weighted by atomic mass is 79.9. The van der Waals surface area contributed by atoms with Gasteiger partial charge in [-0.05, 0) is 30.7 Å². The predicted octanol–water partition coefficient (Wildman–Crippen LogP) is 3.32. The molecule has 2 atom stereocenters. The predicted molar refractivity (Wildman–Crippen MR) is 97.5 cm³/mol. The lowest BCUT2D eigenvalue weighted by molar-refractivity contribution is -0.132. The van der Waals surface area contributed by atoms with Crippen LogP contribution in [0.2, 0.25) is 0 Å². The zero-order valence-electron chi connectivity index (χ0n) is 13.7. The van der Waals surface area contributed by atoms with Gasteiger partial charge in [-0.15, -0.1) is 0 Å². The van der Waals surface area contributed by atoms with E-state index in [9.17, 15) is 19.2 Å². The molecule has 1 aliphatic heterocycles. The first kappa shape index (κ1) is 18.1. The van der Waals surface area contributed by atoms with E-state index in [2.05, 4.69) is 21.2 Å². The average Bonchev–Trinajstić information content (AvgIpc) is 3.02. The number of amides is 2. The number of nitriles is 1. The van der Waals surface area contributed by atoms with Crippen LogP contribution in [0, 0.1) is 23.1 Å². The summed E-state index contributed by atoms with van der Waals surface area (Å²) in [4.78, 5) is 26.7. The fourth-order valence-corrected chi connectivity index (χ4v) is 3.34. The molecule has 1 fully saturated rings. The van der Waals surface area contributed by atoms with Gasteiger partial charge in [0.25, 0.3) is 0 Å². The lowest BCUT2D eigenvalue weighted by atomic mass is 10.0. The molecule has 0 bridgehead atoms. The zero-order valence-corrected chi connectivity index (χ0v) is 15.2. The molecule has 1 N–H and O–H groups in total. The summed E-state index contributed by atoms with van der Waals surface area (Å²) in [5.74, 6) is -2.36. The topological polar surface area (TPSA) is 73.2 Å². The molecule has 1 heterocycles. The molecular weight excluding hydrogens is 401 g/mol. The van der Waals surface area contributed by atoms with Crippen LogP contribution in [0.25, 0.3) is 0 Å². The third-order valence-corrected chi connectivity index (χ3v) is 4.77. The maximum atomic E-state index is 13.9. The van der Waals surface area contributed by atoms with Gasteiger partial charge in [-0.3, -0.25) is 9.59 Å². The molecule has 26 heavy (non-hydrogen) atoms. The minimum atomic E-state index is -1.14. The summed E-state index contributed by atoms with van der Waals surface area (Å²) in [6.45, 7) is 0.407. The Bertz CT molecular complexity index is 896. The SMILES string of the molecule is N#CC(NC(=O)C1CCN(c2cccc(Br)c2)C1=O)c1ccccc1F. The van der Waals surface area contributed by atoms with E-state index in [1.807, 2.05) is 18.2 Å².